The summed E-state index contributed by atoms with van der Waals surface area (Å²) in [7, 11) is 1.56. The van der Waals surface area contributed by atoms with Gasteiger partial charge in [-0.2, -0.15) is 5.10 Å². The lowest BCUT2D eigenvalue weighted by Crippen LogP contribution is -2.02. The minimum absolute atomic E-state index is 0.0787. The van der Waals surface area contributed by atoms with E-state index >= 15 is 0 Å². The molecule has 2 aromatic carbocycles. The maximum absolute atomic E-state index is 12.9. The maximum Gasteiger partial charge on any atom is 0.345 e. The second-order valence-electron chi connectivity index (χ2n) is 7.80. The van der Waals surface area contributed by atoms with Crippen molar-refractivity contribution in [2.75, 3.05) is 12.5 Å². The Hall–Kier alpha value is -3.95. The monoisotopic (exact) mass is 503 g/mol. The number of phenolic OH excluding ortho intramolecular Hbond substituents is 1. The highest BCUT2D eigenvalue weighted by Crippen LogP contribution is 2.41. The van der Waals surface area contributed by atoms with Gasteiger partial charge in [0.2, 0.25) is 5.13 Å². The van der Waals surface area contributed by atoms with Crippen LogP contribution in [0.1, 0.15) is 15.3 Å². The molecule has 0 saturated heterocycles. The lowest BCUT2D eigenvalue weighted by molar-refractivity contribution is 0.412. The molecule has 3 aromatic heterocycles. The van der Waals surface area contributed by atoms with E-state index in [0.717, 1.165) is 20.7 Å². The van der Waals surface area contributed by atoms with E-state index in [1.165, 1.54) is 17.6 Å². The van der Waals surface area contributed by atoms with E-state index in [0.29, 0.717) is 38.2 Å². The number of hydrazone groups is 1. The van der Waals surface area contributed by atoms with Gasteiger partial charge in [0.1, 0.15) is 17.1 Å². The van der Waals surface area contributed by atoms with Gasteiger partial charge in [0.15, 0.2) is 0 Å². The number of aryl methyl sites for hydroxylation is 2. The van der Waals surface area contributed by atoms with Crippen LogP contribution in [0, 0.1) is 13.8 Å². The third-order valence-electron chi connectivity index (χ3n) is 5.41. The first-order valence-corrected chi connectivity index (χ1v) is 12.3. The predicted octanol–water partition coefficient (Wildman–Crippen LogP) is 6.42. The number of nitrogens with zero attached hydrogens (tertiary/aromatic N) is 2. The first kappa shape index (κ1) is 22.8. The molecule has 0 unspecified atom stereocenters. The van der Waals surface area contributed by atoms with E-state index in [-0.39, 0.29) is 5.75 Å². The Morgan fingerprint density at radius 1 is 1.09 bits per heavy atom. The molecular weight excluding hydrogens is 482 g/mol. The van der Waals surface area contributed by atoms with Crippen LogP contribution in [0.5, 0.6) is 11.5 Å². The van der Waals surface area contributed by atoms with E-state index < -0.39 is 5.63 Å². The standard InChI is InChI=1S/C26H21N3O4S2/c1-14-10-19(15(2)34-14)23-24(20-12-16-6-4-5-7-22(16)33-25(20)31)35-26(28-23)29-27-13-17-11-18(32-3)8-9-21(17)30/h4-13,30H,1-3H3,(H,28,29)/b27-13+. The van der Waals surface area contributed by atoms with Crippen molar-refractivity contribution in [1.29, 1.82) is 0 Å². The van der Waals surface area contributed by atoms with Crippen molar-refractivity contribution in [2.45, 2.75) is 13.8 Å². The summed E-state index contributed by atoms with van der Waals surface area (Å²) in [6, 6.07) is 16.2. The Morgan fingerprint density at radius 3 is 2.69 bits per heavy atom. The minimum Gasteiger partial charge on any atom is -0.507 e. The Morgan fingerprint density at radius 2 is 1.91 bits per heavy atom. The van der Waals surface area contributed by atoms with Crippen molar-refractivity contribution in [3.05, 3.63) is 80.3 Å². The summed E-state index contributed by atoms with van der Waals surface area (Å²) in [6.45, 7) is 4.08. The zero-order chi connectivity index (χ0) is 24.5. The number of benzene rings is 2. The summed E-state index contributed by atoms with van der Waals surface area (Å²) in [5.41, 5.74) is 5.66. The number of anilines is 1. The van der Waals surface area contributed by atoms with Gasteiger partial charge in [-0.15, -0.1) is 11.3 Å². The fourth-order valence-corrected chi connectivity index (χ4v) is 5.60. The Balaban J connectivity index is 1.57. The quantitative estimate of drug-likeness (QED) is 0.158. The largest absolute Gasteiger partial charge is 0.507 e. The van der Waals surface area contributed by atoms with Gasteiger partial charge >= 0.3 is 5.63 Å². The number of thiazole rings is 1. The van der Waals surface area contributed by atoms with Crippen molar-refractivity contribution >= 4 is 45.0 Å². The number of rotatable bonds is 6. The van der Waals surface area contributed by atoms with Crippen LogP contribution in [0.4, 0.5) is 5.13 Å². The van der Waals surface area contributed by atoms with Crippen LogP contribution in [0.15, 0.2) is 68.9 Å². The molecule has 0 atom stereocenters. The van der Waals surface area contributed by atoms with E-state index in [2.05, 4.69) is 16.6 Å². The van der Waals surface area contributed by atoms with Gasteiger partial charge in [-0.3, -0.25) is 5.43 Å². The second-order valence-corrected chi connectivity index (χ2v) is 10.3. The number of para-hydroxylation sites is 1. The molecule has 0 spiro atoms. The van der Waals surface area contributed by atoms with Gasteiger partial charge in [0, 0.05) is 26.3 Å². The van der Waals surface area contributed by atoms with Gasteiger partial charge in [-0.25, -0.2) is 9.78 Å². The number of aromatic hydroxyl groups is 1. The molecule has 5 aromatic rings. The number of nitrogens with one attached hydrogen (secondary N) is 1. The van der Waals surface area contributed by atoms with Crippen molar-refractivity contribution in [3.63, 3.8) is 0 Å². The fraction of sp³-hybridized carbons (Fsp3) is 0.115. The molecule has 0 aliphatic heterocycles. The zero-order valence-corrected chi connectivity index (χ0v) is 20.8. The normalized spacial score (nSPS) is 11.4. The first-order valence-electron chi connectivity index (χ1n) is 10.7. The van der Waals surface area contributed by atoms with Crippen molar-refractivity contribution < 1.29 is 14.3 Å². The molecule has 0 aliphatic carbocycles. The van der Waals surface area contributed by atoms with Crippen LogP contribution in [0.2, 0.25) is 0 Å². The number of hydrogen-bond donors (Lipinski definition) is 2. The highest BCUT2D eigenvalue weighted by molar-refractivity contribution is 7.19. The number of aromatic nitrogens is 1. The summed E-state index contributed by atoms with van der Waals surface area (Å²) in [5.74, 6) is 0.685. The highest BCUT2D eigenvalue weighted by atomic mass is 32.1. The van der Waals surface area contributed by atoms with E-state index in [4.69, 9.17) is 14.1 Å². The Kier molecular flexibility index (Phi) is 6.10. The Bertz CT molecular complexity index is 1630. The van der Waals surface area contributed by atoms with Crippen LogP contribution in [-0.2, 0) is 0 Å². The summed E-state index contributed by atoms with van der Waals surface area (Å²) < 4.78 is 10.8. The molecule has 0 saturated carbocycles. The molecule has 2 N–H and O–H groups in total. The lowest BCUT2D eigenvalue weighted by Gasteiger charge is -2.03. The maximum atomic E-state index is 12.9. The number of thiophene rings is 1. The number of ether oxygens (including phenoxy) is 1. The third kappa shape index (κ3) is 4.55. The van der Waals surface area contributed by atoms with Crippen LogP contribution in [0.3, 0.4) is 0 Å². The first-order chi connectivity index (χ1) is 16.9. The van der Waals surface area contributed by atoms with Gasteiger partial charge in [0.05, 0.1) is 29.5 Å². The topological polar surface area (TPSA) is 97.0 Å². The molecule has 9 heteroatoms. The second kappa shape index (κ2) is 9.36. The number of methoxy groups -OCH3 is 1. The molecular formula is C26H21N3O4S2. The summed E-state index contributed by atoms with van der Waals surface area (Å²) in [6.07, 6.45) is 1.49. The van der Waals surface area contributed by atoms with Gasteiger partial charge in [-0.05, 0) is 50.2 Å². The number of hydrogen-bond acceptors (Lipinski definition) is 9. The van der Waals surface area contributed by atoms with Crippen molar-refractivity contribution in [1.82, 2.24) is 4.98 Å². The lowest BCUT2D eigenvalue weighted by atomic mass is 10.1. The number of phenols is 1. The average Bonchev–Trinajstić information content (AvgIpc) is 3.41. The summed E-state index contributed by atoms with van der Waals surface area (Å²) in [4.78, 5) is 20.7. The zero-order valence-electron chi connectivity index (χ0n) is 19.2. The predicted molar refractivity (Wildman–Crippen MR) is 142 cm³/mol. The summed E-state index contributed by atoms with van der Waals surface area (Å²) >= 11 is 2.99. The molecule has 0 fully saturated rings. The van der Waals surface area contributed by atoms with Gasteiger partial charge < -0.3 is 14.3 Å². The van der Waals surface area contributed by atoms with Crippen molar-refractivity contribution in [3.8, 4) is 33.2 Å². The third-order valence-corrected chi connectivity index (χ3v) is 7.37. The molecule has 0 radical (unpaired) electrons. The molecule has 5 rings (SSSR count). The van der Waals surface area contributed by atoms with E-state index in [1.54, 1.807) is 42.7 Å². The molecule has 7 nitrogen and oxygen atoms in total. The van der Waals surface area contributed by atoms with Crippen LogP contribution < -0.4 is 15.8 Å². The molecule has 3 heterocycles. The molecule has 0 amide bonds. The van der Waals surface area contributed by atoms with Crippen LogP contribution >= 0.6 is 22.7 Å². The average molecular weight is 504 g/mol. The Labute approximate surface area is 209 Å². The van der Waals surface area contributed by atoms with Gasteiger partial charge in [0.25, 0.3) is 0 Å². The van der Waals surface area contributed by atoms with Crippen LogP contribution in [0.25, 0.3) is 32.7 Å². The number of fused-ring (bicyclic) bond motifs is 1. The van der Waals surface area contributed by atoms with E-state index in [1.807, 2.05) is 38.1 Å². The summed E-state index contributed by atoms with van der Waals surface area (Å²) in [5, 5.41) is 15.7. The van der Waals surface area contributed by atoms with Crippen LogP contribution in [-0.4, -0.2) is 23.4 Å². The smallest absolute Gasteiger partial charge is 0.345 e. The van der Waals surface area contributed by atoms with Gasteiger partial charge in [-0.1, -0.05) is 29.5 Å². The molecule has 35 heavy (non-hydrogen) atoms. The molecule has 0 bridgehead atoms. The highest BCUT2D eigenvalue weighted by Gasteiger charge is 2.21. The van der Waals surface area contributed by atoms with E-state index in [9.17, 15) is 9.90 Å². The molecule has 176 valence electrons. The fourth-order valence-electron chi connectivity index (χ4n) is 3.74. The SMILES string of the molecule is COc1ccc(O)c(/C=N/Nc2nc(-c3cc(C)sc3C)c(-c3cc4ccccc4oc3=O)s2)c1. The van der Waals surface area contributed by atoms with Crippen molar-refractivity contribution in [2.24, 2.45) is 5.10 Å². The minimum atomic E-state index is -0.422. The molecule has 0 aliphatic rings.